The Balaban J connectivity index is 0.00000364. The van der Waals surface area contributed by atoms with E-state index in [1.54, 1.807) is 23.5 Å². The molecule has 5 nitrogen and oxygen atoms in total. The van der Waals surface area contributed by atoms with Crippen LogP contribution >= 0.6 is 35.3 Å². The summed E-state index contributed by atoms with van der Waals surface area (Å²) in [5.74, 6) is -0.117. The highest BCUT2D eigenvalue weighted by Gasteiger charge is 2.21. The minimum absolute atomic E-state index is 0. The fourth-order valence-electron chi connectivity index (χ4n) is 2.31. The van der Waals surface area contributed by atoms with Crippen molar-refractivity contribution in [2.45, 2.75) is 26.2 Å². The van der Waals surface area contributed by atoms with Crippen molar-refractivity contribution >= 4 is 52.9 Å². The van der Waals surface area contributed by atoms with E-state index in [0.29, 0.717) is 24.7 Å². The molecule has 1 aromatic heterocycles. The van der Waals surface area contributed by atoms with Gasteiger partial charge in [0.15, 0.2) is 5.96 Å². The van der Waals surface area contributed by atoms with Crippen molar-refractivity contribution in [3.63, 3.8) is 0 Å². The van der Waals surface area contributed by atoms with Crippen molar-refractivity contribution in [1.82, 2.24) is 10.6 Å². The molecule has 1 heterocycles. The molecule has 148 valence electrons. The average Bonchev–Trinajstić information content (AvgIpc) is 3.13. The van der Waals surface area contributed by atoms with E-state index in [-0.39, 0.29) is 41.8 Å². The Morgan fingerprint density at radius 3 is 2.63 bits per heavy atom. The zero-order valence-corrected chi connectivity index (χ0v) is 18.9. The molecule has 2 aromatic rings. The largest absolute Gasteiger partial charge is 0.357 e. The molecule has 2 rings (SSSR count). The lowest BCUT2D eigenvalue weighted by molar-refractivity contribution is -0.114. The first-order valence-corrected chi connectivity index (χ1v) is 9.40. The molecular weight excluding hydrogens is 478 g/mol. The number of nitrogens with one attached hydrogen (secondary N) is 3. The van der Waals surface area contributed by atoms with Gasteiger partial charge in [-0.15, -0.1) is 35.3 Å². The molecular formula is C19H26FIN4OS. The predicted molar refractivity (Wildman–Crippen MR) is 122 cm³/mol. The predicted octanol–water partition coefficient (Wildman–Crippen LogP) is 3.98. The summed E-state index contributed by atoms with van der Waals surface area (Å²) in [6.45, 7) is 7.61. The Labute approximate surface area is 180 Å². The average molecular weight is 504 g/mol. The van der Waals surface area contributed by atoms with Crippen LogP contribution in [0, 0.1) is 5.82 Å². The number of thiophene rings is 1. The molecule has 0 saturated carbocycles. The normalized spacial score (nSPS) is 11.5. The number of anilines is 1. The van der Waals surface area contributed by atoms with Crippen LogP contribution in [-0.4, -0.2) is 31.5 Å². The topological polar surface area (TPSA) is 65.5 Å². The van der Waals surface area contributed by atoms with Gasteiger partial charge in [-0.1, -0.05) is 26.0 Å². The van der Waals surface area contributed by atoms with Gasteiger partial charge in [0.05, 0.1) is 0 Å². The van der Waals surface area contributed by atoms with E-state index in [9.17, 15) is 9.18 Å². The van der Waals surface area contributed by atoms with Gasteiger partial charge in [-0.05, 0) is 36.6 Å². The molecule has 1 amide bonds. The SMILES string of the molecule is CCNC(=NCC(=O)Nc1cccc(F)c1)NCC(C)(C)c1cccs1.I. The van der Waals surface area contributed by atoms with Crippen LogP contribution < -0.4 is 16.0 Å². The van der Waals surface area contributed by atoms with Crippen LogP contribution in [0.4, 0.5) is 10.1 Å². The van der Waals surface area contributed by atoms with Crippen LogP contribution in [0.15, 0.2) is 46.8 Å². The molecule has 1 aromatic carbocycles. The molecule has 8 heteroatoms. The molecule has 0 bridgehead atoms. The van der Waals surface area contributed by atoms with Gasteiger partial charge >= 0.3 is 0 Å². The van der Waals surface area contributed by atoms with Gasteiger partial charge in [0.1, 0.15) is 12.4 Å². The first-order chi connectivity index (χ1) is 12.4. The number of rotatable bonds is 7. The number of aliphatic imine (C=N–C) groups is 1. The Morgan fingerprint density at radius 1 is 1.22 bits per heavy atom. The van der Waals surface area contributed by atoms with Gasteiger partial charge in [0, 0.05) is 29.1 Å². The summed E-state index contributed by atoms with van der Waals surface area (Å²) in [6, 6.07) is 9.94. The van der Waals surface area contributed by atoms with Gasteiger partial charge < -0.3 is 16.0 Å². The summed E-state index contributed by atoms with van der Waals surface area (Å²) in [5.41, 5.74) is 0.371. The van der Waals surface area contributed by atoms with Gasteiger partial charge in [0.25, 0.3) is 0 Å². The second kappa shape index (κ2) is 11.2. The lowest BCUT2D eigenvalue weighted by Gasteiger charge is -2.25. The molecule has 0 unspecified atom stereocenters. The molecule has 3 N–H and O–H groups in total. The molecule has 0 aliphatic rings. The van der Waals surface area contributed by atoms with Gasteiger partial charge in [-0.3, -0.25) is 4.79 Å². The van der Waals surface area contributed by atoms with Crippen LogP contribution in [0.2, 0.25) is 0 Å². The summed E-state index contributed by atoms with van der Waals surface area (Å²) in [6.07, 6.45) is 0. The van der Waals surface area contributed by atoms with Crippen LogP contribution in [0.3, 0.4) is 0 Å². The number of nitrogens with zero attached hydrogens (tertiary/aromatic N) is 1. The van der Waals surface area contributed by atoms with E-state index < -0.39 is 5.82 Å². The zero-order chi connectivity index (χ0) is 19.0. The fraction of sp³-hybridized carbons (Fsp3) is 0.368. The van der Waals surface area contributed by atoms with Crippen LogP contribution in [0.25, 0.3) is 0 Å². The minimum atomic E-state index is -0.392. The maximum atomic E-state index is 13.2. The monoisotopic (exact) mass is 504 g/mol. The number of guanidine groups is 1. The fourth-order valence-corrected chi connectivity index (χ4v) is 3.17. The Bertz CT molecular complexity index is 750. The lowest BCUT2D eigenvalue weighted by atomic mass is 9.91. The second-order valence-corrected chi connectivity index (χ2v) is 7.42. The molecule has 0 spiro atoms. The minimum Gasteiger partial charge on any atom is -0.357 e. The lowest BCUT2D eigenvalue weighted by Crippen LogP contribution is -2.43. The molecule has 0 aliphatic carbocycles. The number of hydrogen-bond donors (Lipinski definition) is 3. The van der Waals surface area contributed by atoms with Crippen LogP contribution in [0.1, 0.15) is 25.6 Å². The maximum Gasteiger partial charge on any atom is 0.246 e. The highest BCUT2D eigenvalue weighted by atomic mass is 127. The number of carbonyl (C=O) groups excluding carboxylic acids is 1. The van der Waals surface area contributed by atoms with E-state index >= 15 is 0 Å². The van der Waals surface area contributed by atoms with Gasteiger partial charge in [-0.2, -0.15) is 0 Å². The third-order valence-corrected chi connectivity index (χ3v) is 4.96. The Kier molecular flexibility index (Phi) is 9.71. The van der Waals surface area contributed by atoms with Crippen LogP contribution in [-0.2, 0) is 10.2 Å². The third kappa shape index (κ3) is 7.84. The van der Waals surface area contributed by atoms with E-state index in [1.165, 1.54) is 17.0 Å². The smallest absolute Gasteiger partial charge is 0.246 e. The number of benzene rings is 1. The summed E-state index contributed by atoms with van der Waals surface area (Å²) in [4.78, 5) is 17.6. The molecule has 0 aliphatic heterocycles. The van der Waals surface area contributed by atoms with Gasteiger partial charge in [-0.25, -0.2) is 9.38 Å². The van der Waals surface area contributed by atoms with Crippen molar-refractivity contribution in [3.05, 3.63) is 52.5 Å². The Hall–Kier alpha value is -1.68. The van der Waals surface area contributed by atoms with E-state index in [4.69, 9.17) is 0 Å². The standard InChI is InChI=1S/C19H25FN4OS.HI/c1-4-21-18(23-13-19(2,3)16-9-6-10-26-16)22-12-17(25)24-15-8-5-7-14(20)11-15;/h5-11H,4,12-13H2,1-3H3,(H,24,25)(H2,21,22,23);1H. The summed E-state index contributed by atoms with van der Waals surface area (Å²) in [7, 11) is 0. The number of carbonyl (C=O) groups is 1. The molecule has 0 saturated heterocycles. The first-order valence-electron chi connectivity index (χ1n) is 8.52. The summed E-state index contributed by atoms with van der Waals surface area (Å²) < 4.78 is 13.2. The zero-order valence-electron chi connectivity index (χ0n) is 15.7. The highest BCUT2D eigenvalue weighted by molar-refractivity contribution is 14.0. The number of amides is 1. The second-order valence-electron chi connectivity index (χ2n) is 6.47. The first kappa shape index (κ1) is 23.4. The highest BCUT2D eigenvalue weighted by Crippen LogP contribution is 2.26. The maximum absolute atomic E-state index is 13.2. The van der Waals surface area contributed by atoms with Crippen LogP contribution in [0.5, 0.6) is 0 Å². The number of hydrogen-bond acceptors (Lipinski definition) is 3. The Morgan fingerprint density at radius 2 is 2.00 bits per heavy atom. The van der Waals surface area contributed by atoms with Crippen molar-refractivity contribution in [2.75, 3.05) is 25.0 Å². The van der Waals surface area contributed by atoms with Crippen molar-refractivity contribution in [1.29, 1.82) is 0 Å². The third-order valence-electron chi connectivity index (χ3n) is 3.72. The van der Waals surface area contributed by atoms with Crippen molar-refractivity contribution in [2.24, 2.45) is 4.99 Å². The molecule has 0 atom stereocenters. The van der Waals surface area contributed by atoms with Crippen molar-refractivity contribution in [3.8, 4) is 0 Å². The summed E-state index contributed by atoms with van der Waals surface area (Å²) >= 11 is 1.72. The number of halogens is 2. The molecule has 0 fully saturated rings. The van der Waals surface area contributed by atoms with E-state index in [0.717, 1.165) is 0 Å². The molecule has 27 heavy (non-hydrogen) atoms. The van der Waals surface area contributed by atoms with E-state index in [1.807, 2.05) is 13.0 Å². The van der Waals surface area contributed by atoms with Crippen molar-refractivity contribution < 1.29 is 9.18 Å². The van der Waals surface area contributed by atoms with Gasteiger partial charge in [0.2, 0.25) is 5.91 Å². The quantitative estimate of drug-likeness (QED) is 0.304. The molecule has 0 radical (unpaired) electrons. The van der Waals surface area contributed by atoms with E-state index in [2.05, 4.69) is 46.2 Å². The summed E-state index contributed by atoms with van der Waals surface area (Å²) in [5, 5.41) is 11.1.